The van der Waals surface area contributed by atoms with E-state index < -0.39 is 14.9 Å². The molecule has 0 radical (unpaired) electrons. The van der Waals surface area contributed by atoms with E-state index in [1.54, 1.807) is 0 Å². The minimum absolute atomic E-state index is 0.0885. The summed E-state index contributed by atoms with van der Waals surface area (Å²) in [6, 6.07) is 4.96. The third kappa shape index (κ3) is 2.82. The van der Waals surface area contributed by atoms with Crippen LogP contribution in [0, 0.1) is 10.1 Å². The third-order valence-electron chi connectivity index (χ3n) is 3.11. The van der Waals surface area contributed by atoms with E-state index in [0.29, 0.717) is 25.9 Å². The van der Waals surface area contributed by atoms with Crippen molar-refractivity contribution in [2.24, 2.45) is 0 Å². The highest BCUT2D eigenvalue weighted by atomic mass is 32.2. The summed E-state index contributed by atoms with van der Waals surface area (Å²) in [4.78, 5) is 10.1. The van der Waals surface area contributed by atoms with Crippen LogP contribution in [0.2, 0.25) is 0 Å². The molecule has 1 aliphatic rings. The van der Waals surface area contributed by atoms with Gasteiger partial charge in [-0.3, -0.25) is 10.1 Å². The lowest BCUT2D eigenvalue weighted by Crippen LogP contribution is -2.36. The van der Waals surface area contributed by atoms with Crippen molar-refractivity contribution in [3.63, 3.8) is 0 Å². The maximum absolute atomic E-state index is 12.3. The van der Waals surface area contributed by atoms with Gasteiger partial charge in [-0.15, -0.1) is 0 Å². The minimum Gasteiger partial charge on any atom is -0.258 e. The zero-order chi connectivity index (χ0) is 14.0. The second kappa shape index (κ2) is 5.10. The topological polar surface area (TPSA) is 80.5 Å². The van der Waals surface area contributed by atoms with Gasteiger partial charge in [0.1, 0.15) is 0 Å². The van der Waals surface area contributed by atoms with Crippen LogP contribution in [0.1, 0.15) is 12.8 Å². The molecular weight excluding hydrogens is 268 g/mol. The van der Waals surface area contributed by atoms with Gasteiger partial charge < -0.3 is 0 Å². The number of sulfonamides is 1. The number of nitro benzene ring substituents is 1. The van der Waals surface area contributed by atoms with Gasteiger partial charge in [0.2, 0.25) is 10.0 Å². The predicted octanol–water partition coefficient (Wildman–Crippen LogP) is 1.94. The number of nitro groups is 1. The van der Waals surface area contributed by atoms with Gasteiger partial charge in [-0.05, 0) is 25.0 Å². The second-order valence-corrected chi connectivity index (χ2v) is 6.34. The molecule has 0 aliphatic carbocycles. The van der Waals surface area contributed by atoms with Gasteiger partial charge in [0, 0.05) is 25.2 Å². The number of hydrogen-bond donors (Lipinski definition) is 0. The van der Waals surface area contributed by atoms with Crippen molar-refractivity contribution >= 4 is 15.7 Å². The molecule has 0 aromatic heterocycles. The first-order valence-electron chi connectivity index (χ1n) is 5.82. The maximum Gasteiger partial charge on any atom is 0.269 e. The standard InChI is InChI=1S/C12H14N2O4S/c1-10-6-8-13(9-7-10)19(17,18)12-4-2-11(3-5-12)14(15)16/h2-5H,1,6-9H2. The molecule has 1 aromatic rings. The summed E-state index contributed by atoms with van der Waals surface area (Å²) >= 11 is 0. The van der Waals surface area contributed by atoms with Crippen molar-refractivity contribution < 1.29 is 13.3 Å². The Morgan fingerprint density at radius 2 is 1.68 bits per heavy atom. The van der Waals surface area contributed by atoms with Crippen LogP contribution in [-0.4, -0.2) is 30.7 Å². The molecule has 0 atom stereocenters. The SMILES string of the molecule is C=C1CCN(S(=O)(=O)c2ccc([N+](=O)[O-])cc2)CC1. The summed E-state index contributed by atoms with van der Waals surface area (Å²) in [5.74, 6) is 0. The van der Waals surface area contributed by atoms with Crippen molar-refractivity contribution in [2.45, 2.75) is 17.7 Å². The zero-order valence-electron chi connectivity index (χ0n) is 10.3. The average Bonchev–Trinajstić information content (AvgIpc) is 2.39. The van der Waals surface area contributed by atoms with Crippen LogP contribution in [0.15, 0.2) is 41.3 Å². The third-order valence-corrected chi connectivity index (χ3v) is 5.03. The number of hydrogen-bond acceptors (Lipinski definition) is 4. The van der Waals surface area contributed by atoms with Gasteiger partial charge in [0.25, 0.3) is 5.69 Å². The maximum atomic E-state index is 12.3. The molecule has 0 N–H and O–H groups in total. The first-order valence-corrected chi connectivity index (χ1v) is 7.26. The lowest BCUT2D eigenvalue weighted by atomic mass is 10.1. The fourth-order valence-electron chi connectivity index (χ4n) is 1.93. The van der Waals surface area contributed by atoms with E-state index in [2.05, 4.69) is 6.58 Å². The van der Waals surface area contributed by atoms with E-state index in [0.717, 1.165) is 5.57 Å². The van der Waals surface area contributed by atoms with Crippen LogP contribution in [-0.2, 0) is 10.0 Å². The van der Waals surface area contributed by atoms with Crippen molar-refractivity contribution in [1.82, 2.24) is 4.31 Å². The smallest absolute Gasteiger partial charge is 0.258 e. The zero-order valence-corrected chi connectivity index (χ0v) is 11.1. The molecule has 1 fully saturated rings. The summed E-state index contributed by atoms with van der Waals surface area (Å²) in [5, 5.41) is 10.5. The van der Waals surface area contributed by atoms with Gasteiger partial charge in [-0.2, -0.15) is 4.31 Å². The Hall–Kier alpha value is -1.73. The molecule has 7 heteroatoms. The molecule has 19 heavy (non-hydrogen) atoms. The van der Waals surface area contributed by atoms with Gasteiger partial charge in [0.05, 0.1) is 9.82 Å². The Kier molecular flexibility index (Phi) is 3.68. The lowest BCUT2D eigenvalue weighted by molar-refractivity contribution is -0.384. The number of piperidine rings is 1. The average molecular weight is 282 g/mol. The Labute approximate surface area is 111 Å². The molecule has 1 heterocycles. The van der Waals surface area contributed by atoms with E-state index in [-0.39, 0.29) is 10.6 Å². The molecule has 1 aliphatic heterocycles. The van der Waals surface area contributed by atoms with Gasteiger partial charge in [-0.25, -0.2) is 8.42 Å². The Bertz CT molecular complexity index is 597. The van der Waals surface area contributed by atoms with Gasteiger partial charge >= 0.3 is 0 Å². The second-order valence-electron chi connectivity index (χ2n) is 4.41. The number of rotatable bonds is 3. The first-order chi connectivity index (χ1) is 8.91. The molecule has 0 spiro atoms. The van der Waals surface area contributed by atoms with Crippen LogP contribution in [0.5, 0.6) is 0 Å². The van der Waals surface area contributed by atoms with E-state index in [1.165, 1.54) is 28.6 Å². The minimum atomic E-state index is -3.56. The van der Waals surface area contributed by atoms with Crippen LogP contribution >= 0.6 is 0 Å². The molecule has 1 aromatic carbocycles. The first kappa shape index (κ1) is 13.7. The quantitative estimate of drug-likeness (QED) is 0.482. The highest BCUT2D eigenvalue weighted by molar-refractivity contribution is 7.89. The number of benzene rings is 1. The molecule has 0 unspecified atom stereocenters. The molecule has 1 saturated heterocycles. The fraction of sp³-hybridized carbons (Fsp3) is 0.333. The molecular formula is C12H14N2O4S. The summed E-state index contributed by atoms with van der Waals surface area (Å²) in [6.07, 6.45) is 1.32. The van der Waals surface area contributed by atoms with Crippen LogP contribution in [0.3, 0.4) is 0 Å². The van der Waals surface area contributed by atoms with Crippen molar-refractivity contribution in [2.75, 3.05) is 13.1 Å². The van der Waals surface area contributed by atoms with E-state index in [1.807, 2.05) is 0 Å². The van der Waals surface area contributed by atoms with Crippen LogP contribution in [0.25, 0.3) is 0 Å². The summed E-state index contributed by atoms with van der Waals surface area (Å²) < 4.78 is 26.0. The van der Waals surface area contributed by atoms with E-state index in [4.69, 9.17) is 0 Å². The largest absolute Gasteiger partial charge is 0.269 e. The Balaban J connectivity index is 2.24. The molecule has 6 nitrogen and oxygen atoms in total. The van der Waals surface area contributed by atoms with Crippen molar-refractivity contribution in [1.29, 1.82) is 0 Å². The molecule has 0 bridgehead atoms. The number of nitrogens with zero attached hydrogens (tertiary/aromatic N) is 2. The van der Waals surface area contributed by atoms with E-state index >= 15 is 0 Å². The normalized spacial score (nSPS) is 17.4. The van der Waals surface area contributed by atoms with Crippen LogP contribution < -0.4 is 0 Å². The molecule has 0 amide bonds. The highest BCUT2D eigenvalue weighted by Gasteiger charge is 2.27. The Morgan fingerprint density at radius 3 is 2.16 bits per heavy atom. The summed E-state index contributed by atoms with van der Waals surface area (Å²) in [7, 11) is -3.56. The lowest BCUT2D eigenvalue weighted by Gasteiger charge is -2.27. The predicted molar refractivity (Wildman–Crippen MR) is 70.2 cm³/mol. The highest BCUT2D eigenvalue weighted by Crippen LogP contribution is 2.23. The molecule has 102 valence electrons. The van der Waals surface area contributed by atoms with Crippen LogP contribution in [0.4, 0.5) is 5.69 Å². The Morgan fingerprint density at radius 1 is 1.16 bits per heavy atom. The monoisotopic (exact) mass is 282 g/mol. The van der Waals surface area contributed by atoms with Crippen molar-refractivity contribution in [3.05, 3.63) is 46.5 Å². The number of non-ortho nitro benzene ring substituents is 1. The van der Waals surface area contributed by atoms with Gasteiger partial charge in [0.15, 0.2) is 0 Å². The fourth-order valence-corrected chi connectivity index (χ4v) is 3.37. The van der Waals surface area contributed by atoms with Crippen molar-refractivity contribution in [3.8, 4) is 0 Å². The van der Waals surface area contributed by atoms with Gasteiger partial charge in [-0.1, -0.05) is 12.2 Å². The van der Waals surface area contributed by atoms with E-state index in [9.17, 15) is 18.5 Å². The molecule has 0 saturated carbocycles. The summed E-state index contributed by atoms with van der Waals surface area (Å²) in [5.41, 5.74) is 0.932. The molecule has 2 rings (SSSR count). The summed E-state index contributed by atoms with van der Waals surface area (Å²) in [6.45, 7) is 4.67.